The number of likely N-dealkylation sites (N-methyl/N-ethyl adjacent to an activating group) is 2. The molecule has 0 saturated heterocycles. The summed E-state index contributed by atoms with van der Waals surface area (Å²) in [6.45, 7) is 3.17. The van der Waals surface area contributed by atoms with Gasteiger partial charge in [-0.25, -0.2) is 0 Å². The number of nitrogens with zero attached hydrogens (tertiary/aromatic N) is 2. The zero-order chi connectivity index (χ0) is 20.1. The highest BCUT2D eigenvalue weighted by Gasteiger charge is 2.18. The highest BCUT2D eigenvalue weighted by Crippen LogP contribution is 2.22. The molecule has 0 aliphatic rings. The number of hydrogen-bond donors (Lipinski definition) is 0. The summed E-state index contributed by atoms with van der Waals surface area (Å²) < 4.78 is 5.28. The normalized spacial score (nSPS) is 12.2. The van der Waals surface area contributed by atoms with E-state index in [9.17, 15) is 4.79 Å². The van der Waals surface area contributed by atoms with Gasteiger partial charge in [-0.2, -0.15) is 0 Å². The third-order valence-corrected chi connectivity index (χ3v) is 5.23. The predicted molar refractivity (Wildman–Crippen MR) is 114 cm³/mol. The van der Waals surface area contributed by atoms with Crippen molar-refractivity contribution in [1.82, 2.24) is 9.80 Å². The molecule has 0 aromatic heterocycles. The third kappa shape index (κ3) is 4.70. The lowest BCUT2D eigenvalue weighted by Crippen LogP contribution is -2.37. The van der Waals surface area contributed by atoms with Gasteiger partial charge >= 0.3 is 0 Å². The lowest BCUT2D eigenvalue weighted by atomic mass is 10.1. The fourth-order valence-electron chi connectivity index (χ4n) is 3.38. The van der Waals surface area contributed by atoms with E-state index in [0.717, 1.165) is 23.2 Å². The number of benzene rings is 3. The van der Waals surface area contributed by atoms with Crippen LogP contribution in [0.3, 0.4) is 0 Å². The second kappa shape index (κ2) is 8.89. The summed E-state index contributed by atoms with van der Waals surface area (Å²) in [6, 6.07) is 22.6. The molecule has 0 spiro atoms. The summed E-state index contributed by atoms with van der Waals surface area (Å²) in [5.74, 6) is 0.975. The van der Waals surface area contributed by atoms with Gasteiger partial charge in [-0.3, -0.25) is 9.69 Å². The van der Waals surface area contributed by atoms with E-state index in [1.54, 1.807) is 7.11 Å². The van der Waals surface area contributed by atoms with Crippen molar-refractivity contribution in [2.24, 2.45) is 0 Å². The average molecular weight is 377 g/mol. The van der Waals surface area contributed by atoms with E-state index in [0.29, 0.717) is 6.54 Å². The van der Waals surface area contributed by atoms with Crippen LogP contribution < -0.4 is 4.74 Å². The lowest BCUT2D eigenvalue weighted by molar-refractivity contribution is -0.132. The van der Waals surface area contributed by atoms with Crippen molar-refractivity contribution < 1.29 is 9.53 Å². The molecular formula is C24H28N2O2. The minimum Gasteiger partial charge on any atom is -0.497 e. The van der Waals surface area contributed by atoms with Crippen LogP contribution in [0, 0.1) is 0 Å². The standard InChI is InChI=1S/C24H28N2O2/c1-18(20-8-6-5-7-9-20)26(3)24(27)17-25(2)16-19-10-11-22-15-23(28-4)13-12-21(22)14-19/h5-15,18H,16-17H2,1-4H3/t18-/m1/s1. The number of hydrogen-bond acceptors (Lipinski definition) is 3. The first kappa shape index (κ1) is 19.9. The van der Waals surface area contributed by atoms with Gasteiger partial charge in [0.2, 0.25) is 5.91 Å². The van der Waals surface area contributed by atoms with Crippen LogP contribution in [-0.4, -0.2) is 43.5 Å². The summed E-state index contributed by atoms with van der Waals surface area (Å²) in [6.07, 6.45) is 0. The van der Waals surface area contributed by atoms with Gasteiger partial charge in [-0.15, -0.1) is 0 Å². The zero-order valence-corrected chi connectivity index (χ0v) is 17.1. The molecule has 0 aliphatic carbocycles. The Morgan fingerprint density at radius 3 is 2.36 bits per heavy atom. The van der Waals surface area contributed by atoms with Crippen molar-refractivity contribution in [3.8, 4) is 5.75 Å². The van der Waals surface area contributed by atoms with Gasteiger partial charge in [0, 0.05) is 13.6 Å². The summed E-state index contributed by atoms with van der Waals surface area (Å²) >= 11 is 0. The molecule has 0 fully saturated rings. The summed E-state index contributed by atoms with van der Waals surface area (Å²) in [4.78, 5) is 16.6. The Morgan fingerprint density at radius 2 is 1.64 bits per heavy atom. The summed E-state index contributed by atoms with van der Waals surface area (Å²) in [5.41, 5.74) is 2.33. The van der Waals surface area contributed by atoms with E-state index >= 15 is 0 Å². The van der Waals surface area contributed by atoms with Gasteiger partial charge in [-0.05, 0) is 54.1 Å². The number of fused-ring (bicyclic) bond motifs is 1. The van der Waals surface area contributed by atoms with Crippen LogP contribution in [0.4, 0.5) is 0 Å². The molecular weight excluding hydrogens is 348 g/mol. The third-order valence-electron chi connectivity index (χ3n) is 5.23. The molecule has 0 unspecified atom stereocenters. The molecule has 4 nitrogen and oxygen atoms in total. The molecule has 3 rings (SSSR count). The highest BCUT2D eigenvalue weighted by molar-refractivity contribution is 5.84. The Balaban J connectivity index is 1.62. The van der Waals surface area contributed by atoms with Crippen molar-refractivity contribution in [3.05, 3.63) is 77.9 Å². The minimum atomic E-state index is 0.0535. The van der Waals surface area contributed by atoms with E-state index in [2.05, 4.69) is 48.2 Å². The molecule has 146 valence electrons. The monoisotopic (exact) mass is 376 g/mol. The van der Waals surface area contributed by atoms with Crippen LogP contribution in [0.5, 0.6) is 5.75 Å². The van der Waals surface area contributed by atoms with Crippen LogP contribution in [0.1, 0.15) is 24.1 Å². The van der Waals surface area contributed by atoms with Crippen molar-refractivity contribution in [2.45, 2.75) is 19.5 Å². The van der Waals surface area contributed by atoms with Crippen LogP contribution in [0.25, 0.3) is 10.8 Å². The molecule has 0 saturated carbocycles. The van der Waals surface area contributed by atoms with Crippen molar-refractivity contribution in [3.63, 3.8) is 0 Å². The smallest absolute Gasteiger partial charge is 0.236 e. The summed E-state index contributed by atoms with van der Waals surface area (Å²) in [7, 11) is 5.53. The number of amides is 1. The Bertz CT molecular complexity index is 940. The first-order valence-electron chi connectivity index (χ1n) is 9.54. The molecule has 1 amide bonds. The molecule has 3 aromatic carbocycles. The second-order valence-corrected chi connectivity index (χ2v) is 7.31. The number of ether oxygens (including phenoxy) is 1. The van der Waals surface area contributed by atoms with Crippen LogP contribution >= 0.6 is 0 Å². The number of carbonyl (C=O) groups excluding carboxylic acids is 1. The molecule has 28 heavy (non-hydrogen) atoms. The molecule has 0 bridgehead atoms. The number of rotatable bonds is 7. The van der Waals surface area contributed by atoms with Gasteiger partial charge in [0.1, 0.15) is 5.75 Å². The Morgan fingerprint density at radius 1 is 0.964 bits per heavy atom. The van der Waals surface area contributed by atoms with Crippen LogP contribution in [0.15, 0.2) is 66.7 Å². The first-order valence-corrected chi connectivity index (χ1v) is 9.54. The molecule has 3 aromatic rings. The van der Waals surface area contributed by atoms with E-state index in [4.69, 9.17) is 4.74 Å². The average Bonchev–Trinajstić information content (AvgIpc) is 2.72. The first-order chi connectivity index (χ1) is 13.5. The molecule has 4 heteroatoms. The maximum Gasteiger partial charge on any atom is 0.236 e. The van der Waals surface area contributed by atoms with E-state index in [1.807, 2.05) is 49.3 Å². The van der Waals surface area contributed by atoms with Crippen molar-refractivity contribution in [1.29, 1.82) is 0 Å². The molecule has 0 heterocycles. The quantitative estimate of drug-likeness (QED) is 0.609. The van der Waals surface area contributed by atoms with Gasteiger partial charge in [0.05, 0.1) is 19.7 Å². The zero-order valence-electron chi connectivity index (χ0n) is 17.1. The minimum absolute atomic E-state index is 0.0535. The van der Waals surface area contributed by atoms with E-state index < -0.39 is 0 Å². The predicted octanol–water partition coefficient (Wildman–Crippen LogP) is 4.50. The number of carbonyl (C=O) groups is 1. The Hall–Kier alpha value is -2.85. The topological polar surface area (TPSA) is 32.8 Å². The molecule has 0 aliphatic heterocycles. The molecule has 0 radical (unpaired) electrons. The summed E-state index contributed by atoms with van der Waals surface area (Å²) in [5, 5.41) is 2.33. The maximum absolute atomic E-state index is 12.7. The SMILES string of the molecule is COc1ccc2cc(CN(C)CC(=O)N(C)[C@H](C)c3ccccc3)ccc2c1. The molecule has 1 atom stereocenters. The van der Waals surface area contributed by atoms with Gasteiger partial charge in [-0.1, -0.05) is 48.5 Å². The van der Waals surface area contributed by atoms with Gasteiger partial charge in [0.25, 0.3) is 0 Å². The lowest BCUT2D eigenvalue weighted by Gasteiger charge is -2.27. The van der Waals surface area contributed by atoms with Gasteiger partial charge in [0.15, 0.2) is 0 Å². The Labute approximate surface area is 167 Å². The van der Waals surface area contributed by atoms with E-state index in [1.165, 1.54) is 10.9 Å². The van der Waals surface area contributed by atoms with Gasteiger partial charge < -0.3 is 9.64 Å². The Kier molecular flexibility index (Phi) is 6.32. The fourth-order valence-corrected chi connectivity index (χ4v) is 3.38. The maximum atomic E-state index is 12.7. The molecule has 0 N–H and O–H groups in total. The highest BCUT2D eigenvalue weighted by atomic mass is 16.5. The largest absolute Gasteiger partial charge is 0.497 e. The van der Waals surface area contributed by atoms with Crippen molar-refractivity contribution >= 4 is 16.7 Å². The van der Waals surface area contributed by atoms with E-state index in [-0.39, 0.29) is 11.9 Å². The second-order valence-electron chi connectivity index (χ2n) is 7.31. The van der Waals surface area contributed by atoms with Crippen molar-refractivity contribution in [2.75, 3.05) is 27.7 Å². The van der Waals surface area contributed by atoms with Crippen LogP contribution in [0.2, 0.25) is 0 Å². The number of methoxy groups -OCH3 is 1. The fraction of sp³-hybridized carbons (Fsp3) is 0.292. The van der Waals surface area contributed by atoms with Crippen LogP contribution in [-0.2, 0) is 11.3 Å².